The molecular formula is C12H12BrClN4. The largest absolute Gasteiger partial charge is 0.368 e. The van der Waals surface area contributed by atoms with Crippen LogP contribution in [0.15, 0.2) is 27.9 Å². The second kappa shape index (κ2) is 5.12. The molecule has 6 heteroatoms. The number of halogens is 2. The first-order valence-electron chi connectivity index (χ1n) is 5.29. The summed E-state index contributed by atoms with van der Waals surface area (Å²) in [6, 6.07) is 3.91. The molecule has 0 amide bonds. The van der Waals surface area contributed by atoms with E-state index in [2.05, 4.69) is 26.0 Å². The van der Waals surface area contributed by atoms with Gasteiger partial charge in [-0.3, -0.25) is 0 Å². The molecular weight excluding hydrogens is 316 g/mol. The Morgan fingerprint density at radius 1 is 1.44 bits per heavy atom. The summed E-state index contributed by atoms with van der Waals surface area (Å²) in [6.07, 6.45) is 3.42. The van der Waals surface area contributed by atoms with Gasteiger partial charge in [-0.1, -0.05) is 11.6 Å². The van der Waals surface area contributed by atoms with Crippen molar-refractivity contribution in [3.63, 3.8) is 0 Å². The maximum Gasteiger partial charge on any atom is 0.221 e. The van der Waals surface area contributed by atoms with Crippen molar-refractivity contribution in [2.75, 3.05) is 5.73 Å². The van der Waals surface area contributed by atoms with Crippen molar-refractivity contribution in [2.24, 2.45) is 5.10 Å². The highest BCUT2D eigenvalue weighted by Crippen LogP contribution is 2.26. The Balaban J connectivity index is 2.37. The van der Waals surface area contributed by atoms with Crippen LogP contribution in [0.1, 0.15) is 16.8 Å². The number of hydrogen-bond acceptors (Lipinski definition) is 3. The molecule has 1 aromatic carbocycles. The fourth-order valence-electron chi connectivity index (χ4n) is 1.57. The molecule has 0 saturated heterocycles. The van der Waals surface area contributed by atoms with Gasteiger partial charge in [0, 0.05) is 10.0 Å². The van der Waals surface area contributed by atoms with Crippen LogP contribution in [0.4, 0.5) is 5.95 Å². The normalized spacial score (nSPS) is 11.3. The van der Waals surface area contributed by atoms with Crippen LogP contribution in [0.3, 0.4) is 0 Å². The van der Waals surface area contributed by atoms with E-state index in [1.54, 1.807) is 12.4 Å². The summed E-state index contributed by atoms with van der Waals surface area (Å²) < 4.78 is 2.36. The van der Waals surface area contributed by atoms with Gasteiger partial charge in [-0.15, -0.1) is 0 Å². The summed E-state index contributed by atoms with van der Waals surface area (Å²) in [5.41, 5.74) is 8.45. The molecule has 1 heterocycles. The van der Waals surface area contributed by atoms with E-state index < -0.39 is 0 Å². The zero-order chi connectivity index (χ0) is 13.3. The first-order valence-corrected chi connectivity index (χ1v) is 6.46. The molecule has 2 N–H and O–H groups in total. The third kappa shape index (κ3) is 2.73. The number of anilines is 1. The van der Waals surface area contributed by atoms with Crippen molar-refractivity contribution in [3.05, 3.63) is 44.6 Å². The van der Waals surface area contributed by atoms with Crippen LogP contribution in [0.5, 0.6) is 0 Å². The van der Waals surface area contributed by atoms with Crippen LogP contribution in [0.2, 0.25) is 5.02 Å². The number of benzene rings is 1. The average molecular weight is 328 g/mol. The first-order chi connectivity index (χ1) is 8.47. The maximum atomic E-state index is 6.18. The molecule has 4 nitrogen and oxygen atoms in total. The highest BCUT2D eigenvalue weighted by atomic mass is 79.9. The van der Waals surface area contributed by atoms with Gasteiger partial charge >= 0.3 is 0 Å². The highest BCUT2D eigenvalue weighted by molar-refractivity contribution is 9.10. The Kier molecular flexibility index (Phi) is 3.73. The molecule has 0 atom stereocenters. The zero-order valence-corrected chi connectivity index (χ0v) is 12.3. The smallest absolute Gasteiger partial charge is 0.221 e. The summed E-state index contributed by atoms with van der Waals surface area (Å²) in [5.74, 6) is 0.353. The second-order valence-electron chi connectivity index (χ2n) is 3.98. The van der Waals surface area contributed by atoms with Gasteiger partial charge in [-0.2, -0.15) is 5.10 Å². The Morgan fingerprint density at radius 3 is 2.78 bits per heavy atom. The lowest BCUT2D eigenvalue weighted by Gasteiger charge is -2.03. The van der Waals surface area contributed by atoms with E-state index in [1.807, 2.05) is 26.0 Å². The Hall–Kier alpha value is -1.33. The van der Waals surface area contributed by atoms with E-state index in [-0.39, 0.29) is 0 Å². The lowest BCUT2D eigenvalue weighted by atomic mass is 10.1. The van der Waals surface area contributed by atoms with Crippen LogP contribution in [0, 0.1) is 13.8 Å². The van der Waals surface area contributed by atoms with E-state index in [1.165, 1.54) is 4.68 Å². The maximum absolute atomic E-state index is 6.18. The number of nitrogen functional groups attached to an aromatic ring is 1. The summed E-state index contributed by atoms with van der Waals surface area (Å²) in [6.45, 7) is 3.85. The molecule has 1 aromatic heterocycles. The number of imidazole rings is 1. The van der Waals surface area contributed by atoms with Crippen LogP contribution in [-0.2, 0) is 0 Å². The molecule has 0 unspecified atom stereocenters. The number of aromatic nitrogens is 2. The van der Waals surface area contributed by atoms with E-state index in [0.717, 1.165) is 21.3 Å². The predicted molar refractivity (Wildman–Crippen MR) is 78.3 cm³/mol. The number of hydrogen-bond donors (Lipinski definition) is 1. The monoisotopic (exact) mass is 326 g/mol. The number of rotatable bonds is 2. The SMILES string of the molecule is Cc1cc(Br)c(Cl)c(C=Nn2cc(C)nc2N)c1. The minimum atomic E-state index is 0.353. The first kappa shape index (κ1) is 13.1. The van der Waals surface area contributed by atoms with Gasteiger partial charge in [0.1, 0.15) is 0 Å². The van der Waals surface area contributed by atoms with Crippen LogP contribution in [0.25, 0.3) is 0 Å². The fraction of sp³-hybridized carbons (Fsp3) is 0.167. The van der Waals surface area contributed by atoms with E-state index in [4.69, 9.17) is 17.3 Å². The van der Waals surface area contributed by atoms with Gasteiger partial charge in [0.2, 0.25) is 5.95 Å². The van der Waals surface area contributed by atoms with E-state index in [0.29, 0.717) is 11.0 Å². The molecule has 0 aliphatic rings. The summed E-state index contributed by atoms with van der Waals surface area (Å²) in [7, 11) is 0. The third-order valence-corrected chi connectivity index (χ3v) is 3.63. The lowest BCUT2D eigenvalue weighted by Crippen LogP contribution is -1.97. The molecule has 0 radical (unpaired) electrons. The molecule has 18 heavy (non-hydrogen) atoms. The fourth-order valence-corrected chi connectivity index (χ4v) is 2.31. The van der Waals surface area contributed by atoms with Crippen molar-refractivity contribution in [2.45, 2.75) is 13.8 Å². The molecule has 0 spiro atoms. The predicted octanol–water partition coefficient (Wildman–Crippen LogP) is 3.38. The summed E-state index contributed by atoms with van der Waals surface area (Å²) in [4.78, 5) is 4.07. The van der Waals surface area contributed by atoms with Crippen molar-refractivity contribution >= 4 is 39.7 Å². The Bertz CT molecular complexity index is 619. The van der Waals surface area contributed by atoms with E-state index >= 15 is 0 Å². The van der Waals surface area contributed by atoms with Gasteiger partial charge < -0.3 is 5.73 Å². The summed E-state index contributed by atoms with van der Waals surface area (Å²) in [5, 5.41) is 4.86. The third-order valence-electron chi connectivity index (χ3n) is 2.36. The molecule has 2 rings (SSSR count). The molecule has 0 fully saturated rings. The average Bonchev–Trinajstić information content (AvgIpc) is 2.60. The van der Waals surface area contributed by atoms with Gasteiger partial charge in [0.15, 0.2) is 0 Å². The molecule has 0 aliphatic carbocycles. The lowest BCUT2D eigenvalue weighted by molar-refractivity contribution is 0.897. The second-order valence-corrected chi connectivity index (χ2v) is 5.21. The number of nitrogens with two attached hydrogens (primary N) is 1. The van der Waals surface area contributed by atoms with Gasteiger partial charge in [0.05, 0.1) is 23.1 Å². The molecule has 0 saturated carbocycles. The minimum Gasteiger partial charge on any atom is -0.368 e. The van der Waals surface area contributed by atoms with Gasteiger partial charge in [-0.05, 0) is 47.5 Å². The Morgan fingerprint density at radius 2 is 2.17 bits per heavy atom. The highest BCUT2D eigenvalue weighted by Gasteiger charge is 2.04. The number of aryl methyl sites for hydroxylation is 2. The molecule has 2 aromatic rings. The quantitative estimate of drug-likeness (QED) is 0.860. The standard InChI is InChI=1S/C12H12BrClN4/c1-7-3-9(11(14)10(13)4-7)5-16-18-6-8(2)17-12(18)15/h3-6H,1-2H3,(H2,15,17). The molecule has 94 valence electrons. The van der Waals surface area contributed by atoms with Crippen LogP contribution in [-0.4, -0.2) is 15.9 Å². The van der Waals surface area contributed by atoms with Crippen LogP contribution >= 0.6 is 27.5 Å². The van der Waals surface area contributed by atoms with Crippen molar-refractivity contribution in [1.82, 2.24) is 9.66 Å². The van der Waals surface area contributed by atoms with Gasteiger partial charge in [-0.25, -0.2) is 9.66 Å². The van der Waals surface area contributed by atoms with Crippen LogP contribution < -0.4 is 5.73 Å². The Labute approximate surface area is 119 Å². The van der Waals surface area contributed by atoms with Crippen molar-refractivity contribution in [3.8, 4) is 0 Å². The summed E-state index contributed by atoms with van der Waals surface area (Å²) >= 11 is 9.59. The number of nitrogens with zero attached hydrogens (tertiary/aromatic N) is 3. The topological polar surface area (TPSA) is 56.2 Å². The zero-order valence-electron chi connectivity index (χ0n) is 9.98. The van der Waals surface area contributed by atoms with Gasteiger partial charge in [0.25, 0.3) is 0 Å². The van der Waals surface area contributed by atoms with Crippen molar-refractivity contribution < 1.29 is 0 Å². The minimum absolute atomic E-state index is 0.353. The molecule has 0 aliphatic heterocycles. The molecule has 0 bridgehead atoms. The van der Waals surface area contributed by atoms with Crippen molar-refractivity contribution in [1.29, 1.82) is 0 Å². The van der Waals surface area contributed by atoms with E-state index in [9.17, 15) is 0 Å².